The van der Waals surface area contributed by atoms with Crippen LogP contribution in [0.3, 0.4) is 0 Å². The maximum absolute atomic E-state index is 13.4. The lowest BCUT2D eigenvalue weighted by molar-refractivity contribution is -0.143. The quantitative estimate of drug-likeness (QED) is 0.852. The molecule has 1 atom stereocenters. The van der Waals surface area contributed by atoms with E-state index < -0.39 is 0 Å². The molecule has 0 aliphatic carbocycles. The first kappa shape index (κ1) is 16.8. The molecule has 1 saturated heterocycles. The first-order valence-corrected chi connectivity index (χ1v) is 9.00. The molecule has 4 nitrogen and oxygen atoms in total. The number of carbonyl (C=O) groups is 2. The van der Waals surface area contributed by atoms with Crippen LogP contribution in [-0.2, 0) is 22.7 Å². The van der Waals surface area contributed by atoms with E-state index >= 15 is 0 Å². The van der Waals surface area contributed by atoms with E-state index in [9.17, 15) is 14.0 Å². The zero-order valence-corrected chi connectivity index (χ0v) is 14.5. The first-order valence-electron chi connectivity index (χ1n) is 9.00. The molecule has 2 aromatic rings. The van der Waals surface area contributed by atoms with Gasteiger partial charge < -0.3 is 9.80 Å². The lowest BCUT2D eigenvalue weighted by Gasteiger charge is -2.33. The number of carbonyl (C=O) groups excluding carboxylic acids is 2. The zero-order valence-electron chi connectivity index (χ0n) is 14.5. The predicted molar refractivity (Wildman–Crippen MR) is 95.7 cm³/mol. The van der Waals surface area contributed by atoms with Crippen molar-refractivity contribution in [1.29, 1.82) is 0 Å². The minimum absolute atomic E-state index is 0.0264. The Morgan fingerprint density at radius 1 is 1.08 bits per heavy atom. The summed E-state index contributed by atoms with van der Waals surface area (Å²) < 4.78 is 13.4. The van der Waals surface area contributed by atoms with Gasteiger partial charge in [0.15, 0.2) is 0 Å². The maximum atomic E-state index is 13.4. The lowest BCUT2D eigenvalue weighted by Crippen LogP contribution is -2.45. The number of halogens is 1. The van der Waals surface area contributed by atoms with Crippen molar-refractivity contribution in [3.63, 3.8) is 0 Å². The molecule has 0 aromatic heterocycles. The molecule has 2 amide bonds. The monoisotopic (exact) mass is 352 g/mol. The van der Waals surface area contributed by atoms with Gasteiger partial charge in [-0.25, -0.2) is 4.39 Å². The van der Waals surface area contributed by atoms with Crippen LogP contribution in [0.25, 0.3) is 0 Å². The third-order valence-corrected chi connectivity index (χ3v) is 5.30. The summed E-state index contributed by atoms with van der Waals surface area (Å²) in [5.74, 6) is -0.500. The van der Waals surface area contributed by atoms with Gasteiger partial charge in [-0.3, -0.25) is 9.59 Å². The van der Waals surface area contributed by atoms with E-state index in [-0.39, 0.29) is 30.1 Å². The normalized spacial score (nSPS) is 19.6. The predicted octanol–water partition coefficient (Wildman–Crippen LogP) is 3.07. The first-order chi connectivity index (χ1) is 12.6. The summed E-state index contributed by atoms with van der Waals surface area (Å²) in [6.45, 7) is 1.61. The van der Waals surface area contributed by atoms with Crippen LogP contribution in [0, 0.1) is 5.82 Å². The standard InChI is InChI=1S/C21H21FN2O2/c22-18-9-8-16-12-24(13-17(16)11-18)20(25)14-23-10-4-7-19(21(23)26)15-5-2-1-3-6-15/h1-3,5-6,8-9,11,19H,4,7,10,12-14H2. The number of fused-ring (bicyclic) bond motifs is 1. The molecule has 2 heterocycles. The van der Waals surface area contributed by atoms with Crippen molar-refractivity contribution in [3.05, 3.63) is 71.0 Å². The second kappa shape index (κ2) is 6.90. The minimum Gasteiger partial charge on any atom is -0.333 e. The van der Waals surface area contributed by atoms with Gasteiger partial charge in [-0.15, -0.1) is 0 Å². The topological polar surface area (TPSA) is 40.6 Å². The van der Waals surface area contributed by atoms with Crippen LogP contribution < -0.4 is 0 Å². The average molecular weight is 352 g/mol. The van der Waals surface area contributed by atoms with E-state index in [4.69, 9.17) is 0 Å². The summed E-state index contributed by atoms with van der Waals surface area (Å²) in [4.78, 5) is 28.9. The van der Waals surface area contributed by atoms with Crippen LogP contribution in [0.1, 0.15) is 35.4 Å². The molecular formula is C21H21FN2O2. The Hall–Kier alpha value is -2.69. The van der Waals surface area contributed by atoms with E-state index in [0.29, 0.717) is 19.6 Å². The Bertz CT molecular complexity index is 837. The van der Waals surface area contributed by atoms with E-state index in [1.54, 1.807) is 15.9 Å². The molecule has 0 radical (unpaired) electrons. The molecule has 4 rings (SSSR count). The van der Waals surface area contributed by atoms with Crippen molar-refractivity contribution < 1.29 is 14.0 Å². The fourth-order valence-corrected chi connectivity index (χ4v) is 3.89. The van der Waals surface area contributed by atoms with Crippen LogP contribution in [0.15, 0.2) is 48.5 Å². The van der Waals surface area contributed by atoms with Gasteiger partial charge in [-0.2, -0.15) is 0 Å². The molecule has 0 N–H and O–H groups in total. The maximum Gasteiger partial charge on any atom is 0.242 e. The summed E-state index contributed by atoms with van der Waals surface area (Å²) in [7, 11) is 0. The van der Waals surface area contributed by atoms with Crippen LogP contribution in [-0.4, -0.2) is 34.7 Å². The van der Waals surface area contributed by atoms with Crippen molar-refractivity contribution in [2.24, 2.45) is 0 Å². The van der Waals surface area contributed by atoms with Gasteiger partial charge in [0.25, 0.3) is 0 Å². The van der Waals surface area contributed by atoms with Crippen molar-refractivity contribution in [1.82, 2.24) is 9.80 Å². The molecule has 2 aromatic carbocycles. The van der Waals surface area contributed by atoms with Gasteiger partial charge in [0.2, 0.25) is 11.8 Å². The number of hydrogen-bond acceptors (Lipinski definition) is 2. The molecule has 0 saturated carbocycles. The molecule has 2 aliphatic rings. The third-order valence-electron chi connectivity index (χ3n) is 5.30. The Morgan fingerprint density at radius 2 is 1.85 bits per heavy atom. The van der Waals surface area contributed by atoms with Gasteiger partial charge in [-0.05, 0) is 41.7 Å². The Kier molecular flexibility index (Phi) is 4.45. The zero-order chi connectivity index (χ0) is 18.1. The SMILES string of the molecule is O=C(CN1CCCC(c2ccccc2)C1=O)N1Cc2ccc(F)cc2C1. The van der Waals surface area contributed by atoms with Crippen LogP contribution in [0.4, 0.5) is 4.39 Å². The Labute approximate surface area is 152 Å². The summed E-state index contributed by atoms with van der Waals surface area (Å²) >= 11 is 0. The van der Waals surface area contributed by atoms with E-state index in [1.165, 1.54) is 12.1 Å². The fraction of sp³-hybridized carbons (Fsp3) is 0.333. The number of benzene rings is 2. The highest BCUT2D eigenvalue weighted by atomic mass is 19.1. The van der Waals surface area contributed by atoms with Gasteiger partial charge >= 0.3 is 0 Å². The minimum atomic E-state index is -0.282. The molecule has 2 aliphatic heterocycles. The molecule has 1 unspecified atom stereocenters. The van der Waals surface area contributed by atoms with Crippen molar-refractivity contribution in [3.8, 4) is 0 Å². The number of likely N-dealkylation sites (tertiary alicyclic amines) is 1. The number of piperidine rings is 1. The van der Waals surface area contributed by atoms with E-state index in [1.807, 2.05) is 30.3 Å². The molecule has 134 valence electrons. The van der Waals surface area contributed by atoms with Gasteiger partial charge in [0.1, 0.15) is 5.82 Å². The smallest absolute Gasteiger partial charge is 0.242 e. The summed E-state index contributed by atoms with van der Waals surface area (Å²) in [6.07, 6.45) is 1.71. The molecule has 0 bridgehead atoms. The Balaban J connectivity index is 1.42. The molecule has 1 fully saturated rings. The number of rotatable bonds is 3. The number of amides is 2. The van der Waals surface area contributed by atoms with Crippen molar-refractivity contribution >= 4 is 11.8 Å². The van der Waals surface area contributed by atoms with Gasteiger partial charge in [0, 0.05) is 19.6 Å². The summed E-state index contributed by atoms with van der Waals surface area (Å²) in [5, 5.41) is 0. The third kappa shape index (κ3) is 3.21. The summed E-state index contributed by atoms with van der Waals surface area (Å²) in [5.41, 5.74) is 2.84. The second-order valence-corrected chi connectivity index (χ2v) is 7.03. The highest BCUT2D eigenvalue weighted by Gasteiger charge is 2.32. The fourth-order valence-electron chi connectivity index (χ4n) is 3.89. The highest BCUT2D eigenvalue weighted by molar-refractivity contribution is 5.89. The van der Waals surface area contributed by atoms with E-state index in [0.717, 1.165) is 29.5 Å². The lowest BCUT2D eigenvalue weighted by atomic mass is 9.90. The molecule has 26 heavy (non-hydrogen) atoms. The number of nitrogens with zero attached hydrogens (tertiary/aromatic N) is 2. The molecular weight excluding hydrogens is 331 g/mol. The van der Waals surface area contributed by atoms with Crippen molar-refractivity contribution in [2.45, 2.75) is 31.8 Å². The molecule has 0 spiro atoms. The summed E-state index contributed by atoms with van der Waals surface area (Å²) in [6, 6.07) is 14.4. The second-order valence-electron chi connectivity index (χ2n) is 7.03. The van der Waals surface area contributed by atoms with Gasteiger partial charge in [-0.1, -0.05) is 36.4 Å². The largest absolute Gasteiger partial charge is 0.333 e. The van der Waals surface area contributed by atoms with Crippen LogP contribution in [0.5, 0.6) is 0 Å². The molecule has 5 heteroatoms. The number of hydrogen-bond donors (Lipinski definition) is 0. The van der Waals surface area contributed by atoms with Crippen LogP contribution in [0.2, 0.25) is 0 Å². The van der Waals surface area contributed by atoms with Crippen molar-refractivity contribution in [2.75, 3.05) is 13.1 Å². The van der Waals surface area contributed by atoms with Gasteiger partial charge in [0.05, 0.1) is 12.5 Å². The Morgan fingerprint density at radius 3 is 2.65 bits per heavy atom. The highest BCUT2D eigenvalue weighted by Crippen LogP contribution is 2.29. The van der Waals surface area contributed by atoms with Crippen LogP contribution >= 0.6 is 0 Å². The van der Waals surface area contributed by atoms with E-state index in [2.05, 4.69) is 0 Å². The average Bonchev–Trinajstić information content (AvgIpc) is 3.07.